The number of anilines is 1. The van der Waals surface area contributed by atoms with Crippen molar-refractivity contribution in [3.05, 3.63) is 23.5 Å². The Morgan fingerprint density at radius 2 is 2.16 bits per heavy atom. The molecule has 1 atom stereocenters. The Morgan fingerprint density at radius 3 is 2.72 bits per heavy atom. The number of nitrogens with zero attached hydrogens (tertiary/aromatic N) is 1. The lowest BCUT2D eigenvalue weighted by molar-refractivity contribution is -0.117. The lowest BCUT2D eigenvalue weighted by Crippen LogP contribution is -2.45. The van der Waals surface area contributed by atoms with Crippen LogP contribution in [0.5, 0.6) is 5.75 Å². The van der Waals surface area contributed by atoms with E-state index in [2.05, 4.69) is 10.6 Å². The second kappa shape index (κ2) is 6.67. The highest BCUT2D eigenvalue weighted by Crippen LogP contribution is 2.49. The zero-order valence-corrected chi connectivity index (χ0v) is 14.0. The van der Waals surface area contributed by atoms with Gasteiger partial charge in [0.05, 0.1) is 0 Å². The largest absolute Gasteiger partial charge is 0.506 e. The Kier molecular flexibility index (Phi) is 4.73. The molecule has 0 aliphatic carbocycles. The fourth-order valence-corrected chi connectivity index (χ4v) is 4.09. The third-order valence-corrected chi connectivity index (χ3v) is 5.46. The van der Waals surface area contributed by atoms with E-state index < -0.39 is 46.6 Å². The van der Waals surface area contributed by atoms with E-state index in [4.69, 9.17) is 0 Å². The van der Waals surface area contributed by atoms with Crippen LogP contribution in [-0.4, -0.2) is 51.7 Å². The monoisotopic (exact) mass is 374 g/mol. The molecule has 0 saturated carbocycles. The quantitative estimate of drug-likeness (QED) is 0.454. The molecule has 0 aromatic heterocycles. The number of phenolic OH excluding ortho intramolecular Hbond substituents is 1. The van der Waals surface area contributed by atoms with Crippen molar-refractivity contribution in [1.82, 2.24) is 15.4 Å². The number of amides is 2. The molecule has 138 valence electrons. The van der Waals surface area contributed by atoms with Crippen LogP contribution in [0.3, 0.4) is 0 Å². The molecular weight excluding hydrogens is 355 g/mol. The smallest absolute Gasteiger partial charge is 0.260 e. The molecule has 1 aromatic rings. The van der Waals surface area contributed by atoms with Gasteiger partial charge in [0.15, 0.2) is 5.82 Å². The lowest BCUT2D eigenvalue weighted by Gasteiger charge is -2.36. The van der Waals surface area contributed by atoms with E-state index in [1.54, 1.807) is 0 Å². The van der Waals surface area contributed by atoms with E-state index in [1.807, 2.05) is 4.72 Å². The van der Waals surface area contributed by atoms with Gasteiger partial charge in [-0.15, -0.1) is 0 Å². The van der Waals surface area contributed by atoms with Crippen LogP contribution >= 0.6 is 11.0 Å². The minimum absolute atomic E-state index is 0.0847. The van der Waals surface area contributed by atoms with E-state index in [1.165, 1.54) is 0 Å². The Bertz CT molecular complexity index is 687. The predicted molar refractivity (Wildman–Crippen MR) is 89.8 cm³/mol. The summed E-state index contributed by atoms with van der Waals surface area (Å²) in [7, 11) is -3.77. The van der Waals surface area contributed by atoms with Gasteiger partial charge in [-0.2, -0.15) is 0 Å². The number of rotatable bonds is 3. The average Bonchev–Trinajstić information content (AvgIpc) is 2.80. The summed E-state index contributed by atoms with van der Waals surface area (Å²) in [6, 6.07) is 1.83. The standard InChI is InChI=1S/C14H19FN4O5S/c15-10-4-8(14(22)17-9-2-1-3-16-6-9)5-11(20)13(10)19-7-12(21)18-25(19,23)24/h4-5,9,16,20,23-24H,1-3,6-7H2,(H,17,22)(H,18,21). The summed E-state index contributed by atoms with van der Waals surface area (Å²) >= 11 is 0. The first kappa shape index (κ1) is 17.7. The number of hydrogen-bond donors (Lipinski definition) is 6. The Labute approximate surface area is 144 Å². The Morgan fingerprint density at radius 1 is 1.40 bits per heavy atom. The molecule has 2 saturated heterocycles. The van der Waals surface area contributed by atoms with E-state index in [-0.39, 0.29) is 11.6 Å². The summed E-state index contributed by atoms with van der Waals surface area (Å²) in [5.74, 6) is -2.96. The normalized spacial score (nSPS) is 23.9. The number of phenols is 1. The molecule has 25 heavy (non-hydrogen) atoms. The maximum atomic E-state index is 14.4. The van der Waals surface area contributed by atoms with Gasteiger partial charge in [-0.3, -0.25) is 18.7 Å². The first-order chi connectivity index (χ1) is 11.8. The Hall–Kier alpha value is -2.08. The first-order valence-electron chi connectivity index (χ1n) is 7.68. The molecule has 9 nitrogen and oxygen atoms in total. The van der Waals surface area contributed by atoms with Crippen molar-refractivity contribution < 1.29 is 28.2 Å². The third-order valence-electron chi connectivity index (χ3n) is 4.03. The highest BCUT2D eigenvalue weighted by atomic mass is 32.3. The molecule has 2 heterocycles. The summed E-state index contributed by atoms with van der Waals surface area (Å²) < 4.78 is 36.6. The van der Waals surface area contributed by atoms with Gasteiger partial charge in [-0.1, -0.05) is 0 Å². The molecule has 2 aliphatic rings. The first-order valence-corrected chi connectivity index (χ1v) is 9.19. The molecule has 2 amide bonds. The van der Waals surface area contributed by atoms with Crippen LogP contribution in [0.4, 0.5) is 10.1 Å². The zero-order chi connectivity index (χ0) is 18.2. The van der Waals surface area contributed by atoms with Crippen LogP contribution in [-0.2, 0) is 4.79 Å². The summed E-state index contributed by atoms with van der Waals surface area (Å²) in [4.78, 5) is 23.6. The molecule has 2 aliphatic heterocycles. The number of hydrogen-bond acceptors (Lipinski definition) is 7. The number of halogens is 1. The number of piperidine rings is 1. The molecular formula is C14H19FN4O5S. The van der Waals surface area contributed by atoms with Crippen molar-refractivity contribution in [2.75, 3.05) is 23.9 Å². The summed E-state index contributed by atoms with van der Waals surface area (Å²) in [5.41, 5.74) is -0.645. The SMILES string of the molecule is O=C1CN(c2c(O)cc(C(=O)NC3CCCNC3)cc2F)S(O)(O)N1. The van der Waals surface area contributed by atoms with Crippen LogP contribution in [0.15, 0.2) is 12.1 Å². The van der Waals surface area contributed by atoms with Crippen molar-refractivity contribution in [2.24, 2.45) is 0 Å². The molecule has 0 radical (unpaired) electrons. The molecule has 0 spiro atoms. The number of benzene rings is 1. The van der Waals surface area contributed by atoms with E-state index in [0.29, 0.717) is 10.8 Å². The van der Waals surface area contributed by atoms with Gasteiger partial charge < -0.3 is 15.7 Å². The van der Waals surface area contributed by atoms with Crippen molar-refractivity contribution in [2.45, 2.75) is 18.9 Å². The molecule has 2 fully saturated rings. The molecule has 0 bridgehead atoms. The van der Waals surface area contributed by atoms with Gasteiger partial charge in [0.25, 0.3) is 11.8 Å². The van der Waals surface area contributed by atoms with Gasteiger partial charge in [-0.25, -0.2) is 13.4 Å². The molecule has 11 heteroatoms. The highest BCUT2D eigenvalue weighted by molar-refractivity contribution is 8.24. The predicted octanol–water partition coefficient (Wildman–Crippen LogP) is 0.530. The molecule has 1 aromatic carbocycles. The van der Waals surface area contributed by atoms with Crippen LogP contribution < -0.4 is 19.7 Å². The maximum Gasteiger partial charge on any atom is 0.260 e. The average molecular weight is 374 g/mol. The number of carbonyl (C=O) groups excluding carboxylic acids is 2. The van der Waals surface area contributed by atoms with Crippen LogP contribution in [0, 0.1) is 5.82 Å². The second-order valence-electron chi connectivity index (χ2n) is 5.92. The fraction of sp³-hybridized carbons (Fsp3) is 0.429. The zero-order valence-electron chi connectivity index (χ0n) is 13.2. The minimum atomic E-state index is -3.77. The van der Waals surface area contributed by atoms with Crippen molar-refractivity contribution in [1.29, 1.82) is 0 Å². The van der Waals surface area contributed by atoms with E-state index in [0.717, 1.165) is 31.5 Å². The highest BCUT2D eigenvalue weighted by Gasteiger charge is 2.38. The molecule has 3 rings (SSSR count). The minimum Gasteiger partial charge on any atom is -0.506 e. The van der Waals surface area contributed by atoms with Crippen LogP contribution in [0.25, 0.3) is 0 Å². The number of carbonyl (C=O) groups is 2. The molecule has 1 unspecified atom stereocenters. The van der Waals surface area contributed by atoms with Gasteiger partial charge in [0.1, 0.15) is 18.0 Å². The number of aromatic hydroxyl groups is 1. The number of nitrogens with one attached hydrogen (secondary N) is 3. The van der Waals surface area contributed by atoms with Gasteiger partial charge in [0.2, 0.25) is 0 Å². The summed E-state index contributed by atoms with van der Waals surface area (Å²) in [6.07, 6.45) is 1.71. The fourth-order valence-electron chi connectivity index (χ4n) is 2.87. The van der Waals surface area contributed by atoms with E-state index in [9.17, 15) is 28.2 Å². The maximum absolute atomic E-state index is 14.4. The van der Waals surface area contributed by atoms with Crippen LogP contribution in [0.2, 0.25) is 0 Å². The third kappa shape index (κ3) is 3.63. The summed E-state index contributed by atoms with van der Waals surface area (Å²) in [6.45, 7) is 0.971. The van der Waals surface area contributed by atoms with Gasteiger partial charge in [-0.05, 0) is 42.5 Å². The van der Waals surface area contributed by atoms with Crippen molar-refractivity contribution >= 4 is 28.5 Å². The van der Waals surface area contributed by atoms with Gasteiger partial charge >= 0.3 is 0 Å². The topological polar surface area (TPSA) is 134 Å². The Balaban J connectivity index is 1.82. The lowest BCUT2D eigenvalue weighted by atomic mass is 10.1. The van der Waals surface area contributed by atoms with E-state index >= 15 is 0 Å². The van der Waals surface area contributed by atoms with Crippen molar-refractivity contribution in [3.63, 3.8) is 0 Å². The van der Waals surface area contributed by atoms with Crippen LogP contribution in [0.1, 0.15) is 23.2 Å². The van der Waals surface area contributed by atoms with Gasteiger partial charge in [0, 0.05) is 18.2 Å². The van der Waals surface area contributed by atoms with Crippen molar-refractivity contribution in [3.8, 4) is 5.75 Å². The molecule has 6 N–H and O–H groups in total. The second-order valence-corrected chi connectivity index (χ2v) is 7.61. The summed E-state index contributed by atoms with van der Waals surface area (Å²) in [5, 5.41) is 16.0.